The van der Waals surface area contributed by atoms with Gasteiger partial charge in [-0.2, -0.15) is 0 Å². The monoisotopic (exact) mass is 281 g/mol. The van der Waals surface area contributed by atoms with Crippen molar-refractivity contribution < 1.29 is 8.42 Å². The van der Waals surface area contributed by atoms with E-state index >= 15 is 0 Å². The molecule has 0 saturated carbocycles. The molecule has 1 unspecified atom stereocenters. The minimum absolute atomic E-state index is 0.157. The summed E-state index contributed by atoms with van der Waals surface area (Å²) in [7, 11) is -0.843. The zero-order valence-electron chi connectivity index (χ0n) is 12.0. The van der Waals surface area contributed by atoms with Crippen molar-refractivity contribution >= 4 is 9.84 Å². The fourth-order valence-corrected chi connectivity index (χ4v) is 3.95. The van der Waals surface area contributed by atoms with Crippen LogP contribution >= 0.6 is 0 Å². The smallest absolute Gasteiger partial charge is 0.151 e. The summed E-state index contributed by atoms with van der Waals surface area (Å²) in [6.07, 6.45) is 3.66. The summed E-state index contributed by atoms with van der Waals surface area (Å²) in [4.78, 5) is 2.34. The van der Waals surface area contributed by atoms with Crippen LogP contribution in [0.2, 0.25) is 0 Å². The molecule has 106 valence electrons. The maximum atomic E-state index is 11.6. The standard InChI is InChI=1S/C15H23NO2S/c1-12-6-4-7-14(11-19(3,17)18)15(12)13-8-5-9-16(2)10-13/h4,6-7,13H,5,8-11H2,1-3H3. The third-order valence-corrected chi connectivity index (χ3v) is 4.70. The minimum Gasteiger partial charge on any atom is -0.306 e. The average Bonchev–Trinajstić information content (AvgIpc) is 2.26. The number of aryl methyl sites for hydroxylation is 1. The quantitative estimate of drug-likeness (QED) is 0.853. The molecule has 4 heteroatoms. The summed E-state index contributed by atoms with van der Waals surface area (Å²) in [6, 6.07) is 6.03. The Morgan fingerprint density at radius 3 is 2.74 bits per heavy atom. The fraction of sp³-hybridized carbons (Fsp3) is 0.600. The van der Waals surface area contributed by atoms with Gasteiger partial charge < -0.3 is 4.90 Å². The third-order valence-electron chi connectivity index (χ3n) is 3.86. The van der Waals surface area contributed by atoms with Crippen LogP contribution in [0.5, 0.6) is 0 Å². The second-order valence-electron chi connectivity index (χ2n) is 5.82. The lowest BCUT2D eigenvalue weighted by Crippen LogP contribution is -2.31. The predicted molar refractivity (Wildman–Crippen MR) is 79.2 cm³/mol. The number of likely N-dealkylation sites (tertiary alicyclic amines) is 1. The van der Waals surface area contributed by atoms with Crippen molar-refractivity contribution in [1.82, 2.24) is 4.90 Å². The van der Waals surface area contributed by atoms with Crippen LogP contribution < -0.4 is 0 Å². The predicted octanol–water partition coefficient (Wildman–Crippen LogP) is 2.35. The van der Waals surface area contributed by atoms with Crippen molar-refractivity contribution in [1.29, 1.82) is 0 Å². The molecule has 1 aromatic carbocycles. The van der Waals surface area contributed by atoms with Gasteiger partial charge in [-0.3, -0.25) is 0 Å². The molecular formula is C15H23NO2S. The zero-order chi connectivity index (χ0) is 14.0. The summed E-state index contributed by atoms with van der Waals surface area (Å²) >= 11 is 0. The van der Waals surface area contributed by atoms with Crippen LogP contribution in [0.25, 0.3) is 0 Å². The third kappa shape index (κ3) is 3.80. The van der Waals surface area contributed by atoms with E-state index in [4.69, 9.17) is 0 Å². The summed E-state index contributed by atoms with van der Waals surface area (Å²) in [5, 5.41) is 0. The van der Waals surface area contributed by atoms with E-state index in [0.717, 1.165) is 25.1 Å². The van der Waals surface area contributed by atoms with Gasteiger partial charge in [-0.25, -0.2) is 8.42 Å². The largest absolute Gasteiger partial charge is 0.306 e. The molecule has 1 atom stereocenters. The van der Waals surface area contributed by atoms with Crippen molar-refractivity contribution in [3.63, 3.8) is 0 Å². The van der Waals surface area contributed by atoms with Gasteiger partial charge in [0.2, 0.25) is 0 Å². The lowest BCUT2D eigenvalue weighted by atomic mass is 9.85. The first-order valence-corrected chi connectivity index (χ1v) is 8.87. The number of sulfone groups is 1. The van der Waals surface area contributed by atoms with Crippen LogP contribution in [-0.2, 0) is 15.6 Å². The molecule has 1 aliphatic heterocycles. The number of rotatable bonds is 3. The maximum Gasteiger partial charge on any atom is 0.151 e. The maximum absolute atomic E-state index is 11.6. The molecule has 0 aromatic heterocycles. The van der Waals surface area contributed by atoms with Crippen LogP contribution in [0.1, 0.15) is 35.4 Å². The van der Waals surface area contributed by atoms with Gasteiger partial charge in [-0.05, 0) is 56.0 Å². The summed E-state index contributed by atoms with van der Waals surface area (Å²) < 4.78 is 23.2. The van der Waals surface area contributed by atoms with Crippen molar-refractivity contribution in [3.8, 4) is 0 Å². The van der Waals surface area contributed by atoms with Gasteiger partial charge >= 0.3 is 0 Å². The lowest BCUT2D eigenvalue weighted by Gasteiger charge is -2.32. The molecule has 0 spiro atoms. The number of hydrogen-bond donors (Lipinski definition) is 0. The van der Waals surface area contributed by atoms with E-state index in [-0.39, 0.29) is 5.75 Å². The number of piperidine rings is 1. The highest BCUT2D eigenvalue weighted by atomic mass is 32.2. The number of nitrogens with zero attached hydrogens (tertiary/aromatic N) is 1. The summed E-state index contributed by atoms with van der Waals surface area (Å²) in [6.45, 7) is 4.27. The molecule has 0 bridgehead atoms. The first-order chi connectivity index (χ1) is 8.87. The highest BCUT2D eigenvalue weighted by molar-refractivity contribution is 7.89. The van der Waals surface area contributed by atoms with Crippen LogP contribution in [0, 0.1) is 6.92 Å². The SMILES string of the molecule is Cc1cccc(CS(C)(=O)=O)c1C1CCCN(C)C1. The Morgan fingerprint density at radius 2 is 2.11 bits per heavy atom. The molecule has 1 saturated heterocycles. The zero-order valence-corrected chi connectivity index (χ0v) is 12.8. The van der Waals surface area contributed by atoms with Gasteiger partial charge in [0.25, 0.3) is 0 Å². The second-order valence-corrected chi connectivity index (χ2v) is 7.96. The van der Waals surface area contributed by atoms with Gasteiger partial charge in [0.05, 0.1) is 5.75 Å². The molecule has 19 heavy (non-hydrogen) atoms. The first kappa shape index (κ1) is 14.5. The van der Waals surface area contributed by atoms with E-state index < -0.39 is 9.84 Å². The Labute approximate surface area is 116 Å². The lowest BCUT2D eigenvalue weighted by molar-refractivity contribution is 0.250. The van der Waals surface area contributed by atoms with E-state index in [1.807, 2.05) is 12.1 Å². The summed E-state index contributed by atoms with van der Waals surface area (Å²) in [5.41, 5.74) is 3.48. The molecule has 1 aromatic rings. The van der Waals surface area contributed by atoms with E-state index in [1.165, 1.54) is 23.8 Å². The Hall–Kier alpha value is -0.870. The summed E-state index contributed by atoms with van der Waals surface area (Å²) in [5.74, 6) is 0.626. The van der Waals surface area contributed by atoms with Crippen LogP contribution in [0.15, 0.2) is 18.2 Å². The molecule has 3 nitrogen and oxygen atoms in total. The molecule has 2 rings (SSSR count). The minimum atomic E-state index is -2.98. The highest BCUT2D eigenvalue weighted by Crippen LogP contribution is 2.32. The normalized spacial score (nSPS) is 21.5. The number of benzene rings is 1. The van der Waals surface area contributed by atoms with Gasteiger partial charge in [-0.1, -0.05) is 18.2 Å². The topological polar surface area (TPSA) is 37.4 Å². The number of hydrogen-bond acceptors (Lipinski definition) is 3. The molecule has 1 fully saturated rings. The second kappa shape index (κ2) is 5.63. The van der Waals surface area contributed by atoms with E-state index in [0.29, 0.717) is 5.92 Å². The Bertz CT molecular complexity index is 551. The van der Waals surface area contributed by atoms with E-state index in [2.05, 4.69) is 24.9 Å². The van der Waals surface area contributed by atoms with Gasteiger partial charge in [0.15, 0.2) is 9.84 Å². The Balaban J connectivity index is 2.37. The molecule has 0 amide bonds. The fourth-order valence-electron chi connectivity index (χ4n) is 3.14. The average molecular weight is 281 g/mol. The van der Waals surface area contributed by atoms with Crippen molar-refractivity contribution in [2.75, 3.05) is 26.4 Å². The Kier molecular flexibility index (Phi) is 4.31. The van der Waals surface area contributed by atoms with Crippen LogP contribution in [-0.4, -0.2) is 39.7 Å². The molecule has 0 N–H and O–H groups in total. The Morgan fingerprint density at radius 1 is 1.37 bits per heavy atom. The van der Waals surface area contributed by atoms with Gasteiger partial charge in [0, 0.05) is 12.8 Å². The molecular weight excluding hydrogens is 258 g/mol. The number of likely N-dealkylation sites (N-methyl/N-ethyl adjacent to an activating group) is 1. The van der Waals surface area contributed by atoms with Crippen molar-refractivity contribution in [3.05, 3.63) is 34.9 Å². The van der Waals surface area contributed by atoms with Crippen LogP contribution in [0.3, 0.4) is 0 Å². The van der Waals surface area contributed by atoms with Crippen molar-refractivity contribution in [2.45, 2.75) is 31.4 Å². The van der Waals surface area contributed by atoms with E-state index in [1.54, 1.807) is 0 Å². The van der Waals surface area contributed by atoms with Gasteiger partial charge in [0.1, 0.15) is 0 Å². The highest BCUT2D eigenvalue weighted by Gasteiger charge is 2.23. The van der Waals surface area contributed by atoms with Crippen molar-refractivity contribution in [2.24, 2.45) is 0 Å². The van der Waals surface area contributed by atoms with E-state index in [9.17, 15) is 8.42 Å². The van der Waals surface area contributed by atoms with Crippen LogP contribution in [0.4, 0.5) is 0 Å². The molecule has 1 aliphatic rings. The molecule has 0 radical (unpaired) electrons. The van der Waals surface area contributed by atoms with Gasteiger partial charge in [-0.15, -0.1) is 0 Å². The molecule has 1 heterocycles. The first-order valence-electron chi connectivity index (χ1n) is 6.81. The molecule has 0 aliphatic carbocycles.